The van der Waals surface area contributed by atoms with E-state index < -0.39 is 17.7 Å². The first-order chi connectivity index (χ1) is 9.58. The van der Waals surface area contributed by atoms with Crippen LogP contribution in [0.15, 0.2) is 11.6 Å². The number of fused-ring (bicyclic) bond motifs is 1. The minimum Gasteiger partial charge on any atom is -0.444 e. The Morgan fingerprint density at radius 3 is 2.52 bits per heavy atom. The molecule has 2 bridgehead atoms. The Kier molecular flexibility index (Phi) is 3.94. The molecule has 118 valence electrons. The van der Waals surface area contributed by atoms with E-state index in [2.05, 4.69) is 19.9 Å². The van der Waals surface area contributed by atoms with Gasteiger partial charge in [0.15, 0.2) is 0 Å². The molecule has 0 heterocycles. The summed E-state index contributed by atoms with van der Waals surface area (Å²) in [5, 5.41) is 0. The smallest absolute Gasteiger partial charge is 0.410 e. The van der Waals surface area contributed by atoms with Crippen molar-refractivity contribution in [3.05, 3.63) is 11.6 Å². The molecule has 0 radical (unpaired) electrons. The van der Waals surface area contributed by atoms with E-state index in [4.69, 9.17) is 4.74 Å². The molecular formula is C17H27NO3. The fraction of sp³-hybridized carbons (Fsp3) is 0.765. The van der Waals surface area contributed by atoms with Gasteiger partial charge in [0.2, 0.25) is 0 Å². The Morgan fingerprint density at radius 2 is 2.10 bits per heavy atom. The van der Waals surface area contributed by atoms with E-state index in [0.717, 1.165) is 24.7 Å². The van der Waals surface area contributed by atoms with Crippen LogP contribution in [-0.4, -0.2) is 36.0 Å². The van der Waals surface area contributed by atoms with E-state index in [1.54, 1.807) is 7.05 Å². The summed E-state index contributed by atoms with van der Waals surface area (Å²) in [6.45, 7) is 10.00. The third-order valence-corrected chi connectivity index (χ3v) is 5.08. The van der Waals surface area contributed by atoms with Gasteiger partial charge in [-0.25, -0.2) is 4.79 Å². The topological polar surface area (TPSA) is 46.6 Å². The second-order valence-electron chi connectivity index (χ2n) is 7.92. The van der Waals surface area contributed by atoms with Crippen LogP contribution in [0, 0.1) is 17.3 Å². The maximum atomic E-state index is 12.2. The summed E-state index contributed by atoms with van der Waals surface area (Å²) in [5.74, 6) is 1.11. The van der Waals surface area contributed by atoms with Gasteiger partial charge in [-0.3, -0.25) is 4.90 Å². The fourth-order valence-corrected chi connectivity index (χ4v) is 3.57. The summed E-state index contributed by atoms with van der Waals surface area (Å²) < 4.78 is 5.37. The Balaban J connectivity index is 2.15. The summed E-state index contributed by atoms with van der Waals surface area (Å²) in [4.78, 5) is 25.2. The van der Waals surface area contributed by atoms with Gasteiger partial charge in [-0.15, -0.1) is 0 Å². The molecule has 0 aromatic carbocycles. The number of nitrogens with zero attached hydrogens (tertiary/aromatic N) is 1. The van der Waals surface area contributed by atoms with Crippen molar-refractivity contribution in [2.24, 2.45) is 17.3 Å². The Morgan fingerprint density at radius 1 is 1.48 bits per heavy atom. The zero-order valence-electron chi connectivity index (χ0n) is 14.0. The molecule has 3 rings (SSSR count). The van der Waals surface area contributed by atoms with Crippen LogP contribution in [0.5, 0.6) is 0 Å². The molecule has 3 aliphatic rings. The van der Waals surface area contributed by atoms with Gasteiger partial charge in [0.1, 0.15) is 17.9 Å². The summed E-state index contributed by atoms with van der Waals surface area (Å²) in [7, 11) is 1.64. The molecule has 0 N–H and O–H groups in total. The van der Waals surface area contributed by atoms with Gasteiger partial charge in [0.25, 0.3) is 0 Å². The van der Waals surface area contributed by atoms with Crippen LogP contribution in [-0.2, 0) is 9.53 Å². The Labute approximate surface area is 127 Å². The van der Waals surface area contributed by atoms with Crippen LogP contribution in [0.25, 0.3) is 0 Å². The van der Waals surface area contributed by atoms with E-state index in [0.29, 0.717) is 11.8 Å². The number of rotatable bonds is 3. The molecule has 0 saturated heterocycles. The molecule has 4 nitrogen and oxygen atoms in total. The zero-order valence-corrected chi connectivity index (χ0v) is 14.0. The molecule has 0 aliphatic heterocycles. The molecular weight excluding hydrogens is 266 g/mol. The predicted molar refractivity (Wildman–Crippen MR) is 81.9 cm³/mol. The van der Waals surface area contributed by atoms with E-state index in [9.17, 15) is 9.59 Å². The minimum absolute atomic E-state index is 0.236. The number of likely N-dealkylation sites (N-methyl/N-ethyl adjacent to an activating group) is 1. The molecule has 1 amide bonds. The summed E-state index contributed by atoms with van der Waals surface area (Å²) >= 11 is 0. The number of hydrogen-bond donors (Lipinski definition) is 0. The molecule has 3 aliphatic carbocycles. The van der Waals surface area contributed by atoms with Crippen LogP contribution < -0.4 is 0 Å². The number of ether oxygens (including phenoxy) is 1. The highest BCUT2D eigenvalue weighted by molar-refractivity contribution is 5.76. The van der Waals surface area contributed by atoms with E-state index >= 15 is 0 Å². The lowest BCUT2D eigenvalue weighted by Crippen LogP contribution is -2.53. The first-order valence-corrected chi connectivity index (χ1v) is 7.69. The van der Waals surface area contributed by atoms with Crippen molar-refractivity contribution in [1.82, 2.24) is 4.90 Å². The summed E-state index contributed by atoms with van der Waals surface area (Å²) in [6.07, 6.45) is 4.71. The maximum Gasteiger partial charge on any atom is 0.410 e. The van der Waals surface area contributed by atoms with Crippen molar-refractivity contribution in [2.45, 2.75) is 59.1 Å². The van der Waals surface area contributed by atoms with Crippen molar-refractivity contribution in [3.63, 3.8) is 0 Å². The van der Waals surface area contributed by atoms with Crippen molar-refractivity contribution < 1.29 is 14.3 Å². The minimum atomic E-state index is -0.555. The van der Waals surface area contributed by atoms with E-state index in [-0.39, 0.29) is 5.41 Å². The van der Waals surface area contributed by atoms with Crippen LogP contribution in [0.1, 0.15) is 47.5 Å². The van der Waals surface area contributed by atoms with Gasteiger partial charge in [-0.05, 0) is 56.4 Å². The first-order valence-electron chi connectivity index (χ1n) is 7.69. The van der Waals surface area contributed by atoms with Gasteiger partial charge in [0.05, 0.1) is 0 Å². The summed E-state index contributed by atoms with van der Waals surface area (Å²) in [6, 6.07) is -0.509. The van der Waals surface area contributed by atoms with Crippen LogP contribution in [0.4, 0.5) is 4.79 Å². The number of carbonyl (C=O) groups excluding carboxylic acids is 2. The molecule has 21 heavy (non-hydrogen) atoms. The average Bonchev–Trinajstić information content (AvgIpc) is 2.37. The maximum absolute atomic E-state index is 12.2. The van der Waals surface area contributed by atoms with Gasteiger partial charge in [0, 0.05) is 7.05 Å². The van der Waals surface area contributed by atoms with E-state index in [1.807, 2.05) is 20.8 Å². The lowest BCUT2D eigenvalue weighted by molar-refractivity contribution is -0.112. The molecule has 1 saturated carbocycles. The third-order valence-electron chi connectivity index (χ3n) is 5.08. The Bertz CT molecular complexity index is 473. The second kappa shape index (κ2) is 5.15. The standard InChI is InChI=1S/C17H27NO3/c1-16(2,3)21-15(20)18(6)14(10-19)12-8-7-11-9-13(12)17(11,4)5/h8,10-11,13-14H,7,9H2,1-6H3. The Hall–Kier alpha value is -1.32. The van der Waals surface area contributed by atoms with Crippen molar-refractivity contribution in [1.29, 1.82) is 0 Å². The normalized spacial score (nSPS) is 28.0. The van der Waals surface area contributed by atoms with E-state index in [1.165, 1.54) is 4.90 Å². The van der Waals surface area contributed by atoms with Crippen LogP contribution >= 0.6 is 0 Å². The number of allylic oxidation sites excluding steroid dienone is 1. The van der Waals surface area contributed by atoms with Crippen LogP contribution in [0.3, 0.4) is 0 Å². The van der Waals surface area contributed by atoms with Gasteiger partial charge < -0.3 is 9.53 Å². The molecule has 4 heteroatoms. The first kappa shape index (κ1) is 16.1. The van der Waals surface area contributed by atoms with Crippen LogP contribution in [0.2, 0.25) is 0 Å². The van der Waals surface area contributed by atoms with Gasteiger partial charge >= 0.3 is 6.09 Å². The zero-order chi connectivity index (χ0) is 16.0. The van der Waals surface area contributed by atoms with Crippen molar-refractivity contribution in [2.75, 3.05) is 7.05 Å². The quantitative estimate of drug-likeness (QED) is 0.592. The second-order valence-corrected chi connectivity index (χ2v) is 7.92. The lowest BCUT2D eigenvalue weighted by Gasteiger charge is -2.57. The molecule has 0 aromatic heterocycles. The number of carbonyl (C=O) groups is 2. The highest BCUT2D eigenvalue weighted by Gasteiger charge is 2.53. The fourth-order valence-electron chi connectivity index (χ4n) is 3.57. The predicted octanol–water partition coefficient (Wildman–Crippen LogP) is 3.41. The van der Waals surface area contributed by atoms with Gasteiger partial charge in [-0.1, -0.05) is 19.9 Å². The largest absolute Gasteiger partial charge is 0.444 e. The van der Waals surface area contributed by atoms with Crippen molar-refractivity contribution >= 4 is 12.4 Å². The highest BCUT2D eigenvalue weighted by atomic mass is 16.6. The monoisotopic (exact) mass is 293 g/mol. The van der Waals surface area contributed by atoms with Gasteiger partial charge in [-0.2, -0.15) is 0 Å². The molecule has 3 unspecified atom stereocenters. The molecule has 0 spiro atoms. The number of aldehydes is 1. The highest BCUT2D eigenvalue weighted by Crippen LogP contribution is 2.59. The average molecular weight is 293 g/mol. The molecule has 1 fully saturated rings. The molecule has 0 aromatic rings. The molecule has 3 atom stereocenters. The van der Waals surface area contributed by atoms with Crippen molar-refractivity contribution in [3.8, 4) is 0 Å². The number of hydrogen-bond acceptors (Lipinski definition) is 3. The lowest BCUT2D eigenvalue weighted by atomic mass is 9.48. The summed E-state index contributed by atoms with van der Waals surface area (Å²) in [5.41, 5.74) is 0.770. The SMILES string of the molecule is CN(C(=O)OC(C)(C)C)C(C=O)C1=CCC2CC1C2(C)C. The number of amides is 1. The third kappa shape index (κ3) is 2.85.